The summed E-state index contributed by atoms with van der Waals surface area (Å²) < 4.78 is 87.9. The molecule has 3 heterocycles. The summed E-state index contributed by atoms with van der Waals surface area (Å²) in [4.78, 5) is 15.9. The van der Waals surface area contributed by atoms with Crippen LogP contribution in [0.25, 0.3) is 27.8 Å². The Morgan fingerprint density at radius 3 is 2.21 bits per heavy atom. The Hall–Kier alpha value is -3.61. The number of fused-ring (bicyclic) bond motifs is 1. The minimum absolute atomic E-state index is 0.0416. The van der Waals surface area contributed by atoms with Gasteiger partial charge in [0.25, 0.3) is 11.4 Å². The van der Waals surface area contributed by atoms with Crippen LogP contribution >= 0.6 is 0 Å². The second-order valence-electron chi connectivity index (χ2n) is 7.19. The third kappa shape index (κ3) is 3.77. The molecule has 0 aliphatic carbocycles. The lowest BCUT2D eigenvalue weighted by atomic mass is 10.0. The molecule has 33 heavy (non-hydrogen) atoms. The first kappa shape index (κ1) is 22.6. The van der Waals surface area contributed by atoms with E-state index in [0.717, 1.165) is 9.14 Å². The zero-order valence-electron chi connectivity index (χ0n) is 17.3. The van der Waals surface area contributed by atoms with E-state index in [2.05, 4.69) is 9.17 Å². The molecule has 0 saturated heterocycles. The van der Waals surface area contributed by atoms with E-state index in [-0.39, 0.29) is 16.8 Å². The smallest absolute Gasteiger partial charge is 0.381 e. The van der Waals surface area contributed by atoms with E-state index in [0.29, 0.717) is 22.5 Å². The van der Waals surface area contributed by atoms with Crippen molar-refractivity contribution >= 4 is 15.6 Å². The van der Waals surface area contributed by atoms with E-state index in [1.807, 2.05) is 0 Å². The summed E-state index contributed by atoms with van der Waals surface area (Å²) in [6, 6.07) is 6.13. The molecule has 0 N–H and O–H groups in total. The molecule has 0 fully saturated rings. The van der Waals surface area contributed by atoms with Gasteiger partial charge in [-0.05, 0) is 25.0 Å². The van der Waals surface area contributed by atoms with Crippen molar-refractivity contribution in [1.29, 1.82) is 0 Å². The third-order valence-corrected chi connectivity index (χ3v) is 5.80. The van der Waals surface area contributed by atoms with E-state index in [1.54, 1.807) is 19.1 Å². The van der Waals surface area contributed by atoms with Gasteiger partial charge >= 0.3 is 15.6 Å². The van der Waals surface area contributed by atoms with Crippen LogP contribution in [0.2, 0.25) is 0 Å². The third-order valence-electron chi connectivity index (χ3n) is 4.86. The van der Waals surface area contributed by atoms with Crippen LogP contribution in [0.1, 0.15) is 11.5 Å². The van der Waals surface area contributed by atoms with Gasteiger partial charge in [0.1, 0.15) is 11.3 Å². The molecule has 0 unspecified atom stereocenters. The molecule has 4 aromatic rings. The van der Waals surface area contributed by atoms with Crippen molar-refractivity contribution in [3.63, 3.8) is 0 Å². The van der Waals surface area contributed by atoms with Gasteiger partial charge in [-0.1, -0.05) is 24.3 Å². The summed E-state index contributed by atoms with van der Waals surface area (Å²) >= 11 is 0. The summed E-state index contributed by atoms with van der Waals surface area (Å²) in [5.74, 6) is -1.67. The zero-order chi connectivity index (χ0) is 24.3. The molecule has 13 heteroatoms. The summed E-state index contributed by atoms with van der Waals surface area (Å²) in [5.41, 5.74) is -5.41. The second kappa shape index (κ2) is 7.47. The highest BCUT2D eigenvalue weighted by atomic mass is 32.2. The molecule has 174 valence electrons. The molecule has 0 bridgehead atoms. The van der Waals surface area contributed by atoms with Crippen LogP contribution in [0, 0.1) is 19.7 Å². The molecule has 0 aliphatic heterocycles. The molecular formula is C20H15F4N3O5S. The molecular weight excluding hydrogens is 470 g/mol. The van der Waals surface area contributed by atoms with Crippen LogP contribution in [-0.4, -0.2) is 28.1 Å². The first-order valence-corrected chi connectivity index (χ1v) is 10.7. The van der Waals surface area contributed by atoms with Gasteiger partial charge in [-0.15, -0.1) is 0 Å². The van der Waals surface area contributed by atoms with Gasteiger partial charge in [-0.2, -0.15) is 26.3 Å². The number of aryl methyl sites for hydroxylation is 3. The predicted octanol–water partition coefficient (Wildman–Crippen LogP) is 3.94. The molecule has 8 nitrogen and oxygen atoms in total. The van der Waals surface area contributed by atoms with Crippen LogP contribution < -0.4 is 9.74 Å². The highest BCUT2D eigenvalue weighted by molar-refractivity contribution is 7.88. The molecule has 0 radical (unpaired) electrons. The highest BCUT2D eigenvalue weighted by Crippen LogP contribution is 2.35. The fourth-order valence-corrected chi connectivity index (χ4v) is 3.82. The Morgan fingerprint density at radius 2 is 1.67 bits per heavy atom. The molecule has 0 atom stereocenters. The van der Waals surface area contributed by atoms with Crippen LogP contribution in [0.4, 0.5) is 17.6 Å². The maximum atomic E-state index is 15.2. The van der Waals surface area contributed by atoms with Crippen LogP contribution in [0.3, 0.4) is 0 Å². The van der Waals surface area contributed by atoms with E-state index in [1.165, 1.54) is 38.5 Å². The van der Waals surface area contributed by atoms with Crippen LogP contribution in [-0.2, 0) is 17.2 Å². The largest absolute Gasteiger partial charge is 0.534 e. The first-order valence-electron chi connectivity index (χ1n) is 9.26. The molecule has 4 rings (SSSR count). The molecule has 1 aromatic carbocycles. The van der Waals surface area contributed by atoms with Crippen molar-refractivity contribution in [2.45, 2.75) is 19.4 Å². The number of rotatable bonds is 4. The Labute approximate surface area is 183 Å². The van der Waals surface area contributed by atoms with E-state index in [4.69, 9.17) is 4.52 Å². The Balaban J connectivity index is 1.81. The van der Waals surface area contributed by atoms with Crippen LogP contribution in [0.5, 0.6) is 5.88 Å². The number of benzene rings is 1. The fourth-order valence-electron chi connectivity index (χ4n) is 3.40. The number of nitrogens with zero attached hydrogens (tertiary/aromatic N) is 3. The molecule has 3 aromatic heterocycles. The van der Waals surface area contributed by atoms with Gasteiger partial charge < -0.3 is 13.1 Å². The topological polar surface area (TPSA) is 95.8 Å². The highest BCUT2D eigenvalue weighted by Gasteiger charge is 2.49. The van der Waals surface area contributed by atoms with Gasteiger partial charge in [-0.3, -0.25) is 4.79 Å². The monoisotopic (exact) mass is 485 g/mol. The van der Waals surface area contributed by atoms with E-state index in [9.17, 15) is 26.4 Å². The average molecular weight is 485 g/mol. The van der Waals surface area contributed by atoms with Gasteiger partial charge in [0.2, 0.25) is 0 Å². The standard InChI is InChI=1S/C20H15F4N3O5S/c1-10-8-27-9-14(16(21)17(27)18(25-10)32-33(29,30)20(22,23)24)12-4-6-13(7-5-12)15-11(2)31-26(3)19(15)28/h4-9H,1-3H3. The van der Waals surface area contributed by atoms with Crippen molar-refractivity contribution in [3.8, 4) is 28.1 Å². The van der Waals surface area contributed by atoms with Crippen molar-refractivity contribution in [2.24, 2.45) is 7.05 Å². The van der Waals surface area contributed by atoms with Crippen molar-refractivity contribution in [2.75, 3.05) is 0 Å². The number of aromatic nitrogens is 3. The average Bonchev–Trinajstić information content (AvgIpc) is 3.16. The SMILES string of the molecule is Cc1cn2cc(-c3ccc(-c4c(C)on(C)c4=O)cc3)c(F)c2c(OS(=O)(=O)C(F)(F)F)n1. The van der Waals surface area contributed by atoms with E-state index < -0.39 is 32.8 Å². The van der Waals surface area contributed by atoms with E-state index >= 15 is 4.39 Å². The Bertz CT molecular complexity index is 1550. The summed E-state index contributed by atoms with van der Waals surface area (Å²) in [6.07, 6.45) is 2.57. The molecule has 0 saturated carbocycles. The van der Waals surface area contributed by atoms with Gasteiger partial charge in [0.15, 0.2) is 5.82 Å². The number of alkyl halides is 3. The molecule has 0 amide bonds. The van der Waals surface area contributed by atoms with Gasteiger partial charge in [0.05, 0.1) is 11.3 Å². The van der Waals surface area contributed by atoms with Crippen molar-refractivity contribution in [1.82, 2.24) is 14.1 Å². The minimum Gasteiger partial charge on any atom is -0.381 e. The van der Waals surface area contributed by atoms with Gasteiger partial charge in [-0.25, -0.2) is 9.37 Å². The summed E-state index contributed by atoms with van der Waals surface area (Å²) in [7, 11) is -4.59. The second-order valence-corrected chi connectivity index (χ2v) is 8.72. The minimum atomic E-state index is -6.06. The molecule has 0 aliphatic rings. The molecule has 0 spiro atoms. The van der Waals surface area contributed by atoms with Crippen molar-refractivity contribution < 1.29 is 34.7 Å². The summed E-state index contributed by atoms with van der Waals surface area (Å²) in [5, 5.41) is 0. The Kier molecular flexibility index (Phi) is 5.11. The number of halogens is 4. The summed E-state index contributed by atoms with van der Waals surface area (Å²) in [6.45, 7) is 3.00. The fraction of sp³-hybridized carbons (Fsp3) is 0.200. The lowest BCUT2D eigenvalue weighted by Crippen LogP contribution is -2.28. The van der Waals surface area contributed by atoms with Gasteiger partial charge in [0, 0.05) is 25.0 Å². The zero-order valence-corrected chi connectivity index (χ0v) is 18.1. The maximum Gasteiger partial charge on any atom is 0.534 e. The quantitative estimate of drug-likeness (QED) is 0.247. The number of hydrogen-bond donors (Lipinski definition) is 0. The van der Waals surface area contributed by atoms with Crippen molar-refractivity contribution in [3.05, 3.63) is 64.3 Å². The maximum absolute atomic E-state index is 15.2. The normalized spacial score (nSPS) is 12.5. The Morgan fingerprint density at radius 1 is 1.06 bits per heavy atom. The number of hydrogen-bond acceptors (Lipinski definition) is 6. The lowest BCUT2D eigenvalue weighted by Gasteiger charge is -2.10. The van der Waals surface area contributed by atoms with Crippen LogP contribution in [0.15, 0.2) is 46.0 Å². The lowest BCUT2D eigenvalue weighted by molar-refractivity contribution is -0.0501. The first-order chi connectivity index (χ1) is 15.3. The predicted molar refractivity (Wildman–Crippen MR) is 109 cm³/mol.